The van der Waals surface area contributed by atoms with Crippen LogP contribution < -0.4 is 5.32 Å². The average molecular weight is 284 g/mol. The number of imidazole rings is 1. The van der Waals surface area contributed by atoms with Crippen LogP contribution in [0, 0.1) is 12.7 Å². The van der Waals surface area contributed by atoms with Crippen LogP contribution in [-0.2, 0) is 0 Å². The maximum absolute atomic E-state index is 13.0. The largest absolute Gasteiger partial charge is 0.325 e. The van der Waals surface area contributed by atoms with Crippen LogP contribution in [0.15, 0.2) is 29.0 Å². The molecule has 0 aliphatic rings. The molecule has 3 nitrogen and oxygen atoms in total. The number of anilines is 2. The van der Waals surface area contributed by atoms with Crippen LogP contribution >= 0.6 is 23.7 Å². The Bertz CT molecular complexity index is 677. The quantitative estimate of drug-likeness (QED) is 0.739. The van der Waals surface area contributed by atoms with E-state index in [1.165, 1.54) is 17.7 Å². The molecule has 2 aromatic heterocycles. The number of aromatic nitrogens is 2. The number of rotatable bonds is 2. The average Bonchev–Trinajstić information content (AvgIpc) is 2.85. The van der Waals surface area contributed by atoms with Gasteiger partial charge in [0.2, 0.25) is 5.95 Å². The smallest absolute Gasteiger partial charge is 0.205 e. The van der Waals surface area contributed by atoms with Crippen molar-refractivity contribution in [3.63, 3.8) is 0 Å². The van der Waals surface area contributed by atoms with Crippen molar-refractivity contribution in [2.45, 2.75) is 6.92 Å². The molecular formula is C12H11ClFN3S. The highest BCUT2D eigenvalue weighted by molar-refractivity contribution is 7.08. The van der Waals surface area contributed by atoms with Crippen molar-refractivity contribution in [2.75, 3.05) is 5.32 Å². The predicted octanol–water partition coefficient (Wildman–Crippen LogP) is 4.24. The summed E-state index contributed by atoms with van der Waals surface area (Å²) < 4.78 is 13.0. The number of fused-ring (bicyclic) bond motifs is 1. The molecule has 94 valence electrons. The summed E-state index contributed by atoms with van der Waals surface area (Å²) in [5.41, 5.74) is 3.64. The molecule has 2 heterocycles. The molecule has 0 saturated heterocycles. The molecule has 1 aromatic carbocycles. The maximum Gasteiger partial charge on any atom is 0.205 e. The molecule has 0 aliphatic carbocycles. The zero-order chi connectivity index (χ0) is 11.8. The molecule has 0 radical (unpaired) electrons. The Morgan fingerprint density at radius 1 is 1.33 bits per heavy atom. The van der Waals surface area contributed by atoms with Gasteiger partial charge in [-0.15, -0.1) is 23.7 Å². The summed E-state index contributed by atoms with van der Waals surface area (Å²) in [7, 11) is 0. The van der Waals surface area contributed by atoms with Crippen LogP contribution in [0.4, 0.5) is 16.0 Å². The molecule has 3 rings (SSSR count). The molecule has 3 aromatic rings. The van der Waals surface area contributed by atoms with E-state index in [9.17, 15) is 4.39 Å². The monoisotopic (exact) mass is 283 g/mol. The van der Waals surface area contributed by atoms with Crippen LogP contribution in [0.2, 0.25) is 0 Å². The van der Waals surface area contributed by atoms with Crippen molar-refractivity contribution in [1.82, 2.24) is 9.97 Å². The van der Waals surface area contributed by atoms with Crippen LogP contribution in [-0.4, -0.2) is 9.97 Å². The fourth-order valence-corrected chi connectivity index (χ4v) is 2.43. The summed E-state index contributed by atoms with van der Waals surface area (Å²) in [5, 5.41) is 7.26. The highest BCUT2D eigenvalue weighted by Gasteiger charge is 2.05. The lowest BCUT2D eigenvalue weighted by molar-refractivity contribution is 0.629. The Kier molecular flexibility index (Phi) is 3.54. The number of thiophene rings is 1. The zero-order valence-corrected chi connectivity index (χ0v) is 11.2. The number of aromatic amines is 1. The Morgan fingerprint density at radius 2 is 2.17 bits per heavy atom. The van der Waals surface area contributed by atoms with Crippen molar-refractivity contribution in [2.24, 2.45) is 0 Å². The summed E-state index contributed by atoms with van der Waals surface area (Å²) in [5.74, 6) is 0.356. The normalized spacial score (nSPS) is 10.3. The van der Waals surface area contributed by atoms with Gasteiger partial charge in [-0.25, -0.2) is 9.37 Å². The number of hydrogen-bond donors (Lipinski definition) is 2. The van der Waals surface area contributed by atoms with Gasteiger partial charge in [-0.1, -0.05) is 0 Å². The molecule has 0 unspecified atom stereocenters. The SMILES string of the molecule is Cc1cscc1Nc1nc2cc(F)ccc2[nH]1.Cl. The number of nitrogens with zero attached hydrogens (tertiary/aromatic N) is 1. The van der Waals surface area contributed by atoms with E-state index >= 15 is 0 Å². The fraction of sp³-hybridized carbons (Fsp3) is 0.0833. The van der Waals surface area contributed by atoms with Crippen molar-refractivity contribution in [1.29, 1.82) is 0 Å². The molecule has 0 atom stereocenters. The zero-order valence-electron chi connectivity index (χ0n) is 9.53. The van der Waals surface area contributed by atoms with E-state index in [0.717, 1.165) is 11.2 Å². The second-order valence-electron chi connectivity index (χ2n) is 3.84. The first kappa shape index (κ1) is 12.9. The minimum absolute atomic E-state index is 0. The number of benzene rings is 1. The van der Waals surface area contributed by atoms with E-state index in [4.69, 9.17) is 0 Å². The molecule has 0 fully saturated rings. The second kappa shape index (κ2) is 4.96. The number of aryl methyl sites for hydroxylation is 1. The Balaban J connectivity index is 0.00000120. The minimum Gasteiger partial charge on any atom is -0.325 e. The summed E-state index contributed by atoms with van der Waals surface area (Å²) in [6.07, 6.45) is 0. The van der Waals surface area contributed by atoms with Gasteiger partial charge in [-0.3, -0.25) is 0 Å². The van der Waals surface area contributed by atoms with E-state index in [1.807, 2.05) is 12.3 Å². The Morgan fingerprint density at radius 3 is 2.89 bits per heavy atom. The van der Waals surface area contributed by atoms with Gasteiger partial charge in [0, 0.05) is 11.4 Å². The maximum atomic E-state index is 13.0. The van der Waals surface area contributed by atoms with Crippen LogP contribution in [0.1, 0.15) is 5.56 Å². The van der Waals surface area contributed by atoms with Crippen molar-refractivity contribution < 1.29 is 4.39 Å². The molecule has 18 heavy (non-hydrogen) atoms. The van der Waals surface area contributed by atoms with E-state index < -0.39 is 0 Å². The lowest BCUT2D eigenvalue weighted by Gasteiger charge is -1.99. The lowest BCUT2D eigenvalue weighted by Crippen LogP contribution is -1.91. The molecule has 0 saturated carbocycles. The molecule has 6 heteroatoms. The molecule has 2 N–H and O–H groups in total. The van der Waals surface area contributed by atoms with Gasteiger partial charge in [0.15, 0.2) is 0 Å². The van der Waals surface area contributed by atoms with Crippen LogP contribution in [0.25, 0.3) is 11.0 Å². The fourth-order valence-electron chi connectivity index (χ4n) is 1.65. The van der Waals surface area contributed by atoms with Gasteiger partial charge in [-0.05, 0) is 30.0 Å². The van der Waals surface area contributed by atoms with Gasteiger partial charge >= 0.3 is 0 Å². The first-order chi connectivity index (χ1) is 8.22. The molecular weight excluding hydrogens is 273 g/mol. The predicted molar refractivity (Wildman–Crippen MR) is 75.6 cm³/mol. The van der Waals surface area contributed by atoms with Gasteiger partial charge in [0.05, 0.1) is 16.7 Å². The molecule has 0 spiro atoms. The Labute approximate surface area is 113 Å². The van der Waals surface area contributed by atoms with Gasteiger partial charge < -0.3 is 10.3 Å². The lowest BCUT2D eigenvalue weighted by atomic mass is 10.3. The molecule has 0 aliphatic heterocycles. The molecule has 0 bridgehead atoms. The minimum atomic E-state index is -0.276. The highest BCUT2D eigenvalue weighted by atomic mass is 35.5. The van der Waals surface area contributed by atoms with Gasteiger partial charge in [-0.2, -0.15) is 0 Å². The third-order valence-corrected chi connectivity index (χ3v) is 3.42. The van der Waals surface area contributed by atoms with Crippen molar-refractivity contribution >= 4 is 46.4 Å². The summed E-state index contributed by atoms with van der Waals surface area (Å²) in [6, 6.07) is 4.51. The van der Waals surface area contributed by atoms with E-state index in [-0.39, 0.29) is 18.2 Å². The van der Waals surface area contributed by atoms with Crippen LogP contribution in [0.5, 0.6) is 0 Å². The third kappa shape index (κ3) is 2.32. The number of nitrogens with one attached hydrogen (secondary N) is 2. The summed E-state index contributed by atoms with van der Waals surface area (Å²) in [4.78, 5) is 7.39. The van der Waals surface area contributed by atoms with E-state index in [2.05, 4.69) is 20.7 Å². The van der Waals surface area contributed by atoms with Gasteiger partial charge in [0.25, 0.3) is 0 Å². The van der Waals surface area contributed by atoms with Crippen molar-refractivity contribution in [3.05, 3.63) is 40.3 Å². The van der Waals surface area contributed by atoms with Gasteiger partial charge in [0.1, 0.15) is 5.82 Å². The Hall–Kier alpha value is -1.59. The van der Waals surface area contributed by atoms with Crippen molar-refractivity contribution in [3.8, 4) is 0 Å². The standard InChI is InChI=1S/C12H10FN3S.ClH/c1-7-5-17-6-11(7)16-12-14-9-3-2-8(13)4-10(9)15-12;/h2-6H,1H3,(H2,14,15,16);1H. The first-order valence-electron chi connectivity index (χ1n) is 5.17. The number of halogens is 2. The summed E-state index contributed by atoms with van der Waals surface area (Å²) >= 11 is 1.63. The number of H-pyrrole nitrogens is 1. The number of hydrogen-bond acceptors (Lipinski definition) is 3. The van der Waals surface area contributed by atoms with Crippen LogP contribution in [0.3, 0.4) is 0 Å². The topological polar surface area (TPSA) is 40.7 Å². The first-order valence-corrected chi connectivity index (χ1v) is 6.12. The highest BCUT2D eigenvalue weighted by Crippen LogP contribution is 2.24. The van der Waals surface area contributed by atoms with E-state index in [1.54, 1.807) is 17.4 Å². The third-order valence-electron chi connectivity index (χ3n) is 2.55. The van der Waals surface area contributed by atoms with E-state index in [0.29, 0.717) is 11.5 Å². The summed E-state index contributed by atoms with van der Waals surface area (Å²) in [6.45, 7) is 2.03. The molecule has 0 amide bonds. The second-order valence-corrected chi connectivity index (χ2v) is 4.58.